The molecule has 5 heteroatoms. The first-order chi connectivity index (χ1) is 5.20. The molecule has 0 aromatic heterocycles. The largest absolute Gasteiger partial charge is 0.629 e. The molecule has 0 aliphatic rings. The highest BCUT2D eigenvalue weighted by Crippen LogP contribution is 2.08. The molecule has 0 spiro atoms. The van der Waals surface area contributed by atoms with Gasteiger partial charge in [0, 0.05) is 7.11 Å². The Morgan fingerprint density at radius 1 is 1.64 bits per heavy atom. The fourth-order valence-electron chi connectivity index (χ4n) is 0.440. The zero-order chi connectivity index (χ0) is 8.69. The van der Waals surface area contributed by atoms with Gasteiger partial charge in [0.1, 0.15) is 6.42 Å². The van der Waals surface area contributed by atoms with E-state index < -0.39 is 7.77 Å². The van der Waals surface area contributed by atoms with Crippen LogP contribution in [0.1, 0.15) is 6.42 Å². The Kier molecular flexibility index (Phi) is 6.03. The molecule has 1 unspecified atom stereocenters. The van der Waals surface area contributed by atoms with Crippen molar-refractivity contribution in [1.82, 2.24) is 0 Å². The molecule has 0 aliphatic heterocycles. The minimum absolute atomic E-state index is 0.0784. The summed E-state index contributed by atoms with van der Waals surface area (Å²) in [5.41, 5.74) is 0. The molecule has 11 heavy (non-hydrogen) atoms. The zero-order valence-corrected chi connectivity index (χ0v) is 7.47. The number of esters is 1. The van der Waals surface area contributed by atoms with Gasteiger partial charge in [-0.25, -0.2) is 0 Å². The van der Waals surface area contributed by atoms with E-state index in [1.165, 1.54) is 20.0 Å². The van der Waals surface area contributed by atoms with Crippen LogP contribution in [0.15, 0.2) is 0 Å². The lowest BCUT2D eigenvalue weighted by Gasteiger charge is -1.95. The maximum absolute atomic E-state index is 10.8. The third-order valence-electron chi connectivity index (χ3n) is 0.946. The second-order valence-corrected chi connectivity index (χ2v) is 3.26. The van der Waals surface area contributed by atoms with Gasteiger partial charge in [-0.15, -0.1) is 0 Å². The average Bonchev–Trinajstić information content (AvgIpc) is 2.01. The first kappa shape index (κ1) is 10.6. The van der Waals surface area contributed by atoms with Gasteiger partial charge in [0.25, 0.3) is 0 Å². The summed E-state index contributed by atoms with van der Waals surface area (Å²) in [7, 11) is 1.23. The van der Waals surface area contributed by atoms with E-state index in [1.54, 1.807) is 0 Å². The van der Waals surface area contributed by atoms with Gasteiger partial charge in [0.2, 0.25) is 6.35 Å². The number of hydrogen-bond donors (Lipinski definition) is 0. The Morgan fingerprint density at radius 2 is 2.27 bits per heavy atom. The van der Waals surface area contributed by atoms with Gasteiger partial charge < -0.3 is 14.4 Å². The number of methoxy groups -OCH3 is 2. The summed E-state index contributed by atoms with van der Waals surface area (Å²) in [5, 5.41) is 0. The maximum Gasteiger partial charge on any atom is 0.313 e. The SMILES string of the molecule is COC[P+]([O-])=CCC(=O)OC. The van der Waals surface area contributed by atoms with Crippen LogP contribution < -0.4 is 4.89 Å². The molecule has 0 rings (SSSR count). The molecule has 0 saturated carbocycles. The van der Waals surface area contributed by atoms with E-state index in [4.69, 9.17) is 0 Å². The first-order valence-electron chi connectivity index (χ1n) is 3.03. The van der Waals surface area contributed by atoms with Gasteiger partial charge in [0.15, 0.2) is 0 Å². The lowest BCUT2D eigenvalue weighted by molar-refractivity contribution is -0.156. The predicted octanol–water partition coefficient (Wildman–Crippen LogP) is -0.287. The monoisotopic (exact) mass is 178 g/mol. The van der Waals surface area contributed by atoms with E-state index in [0.29, 0.717) is 0 Å². The molecule has 0 bridgehead atoms. The molecule has 0 aromatic rings. The van der Waals surface area contributed by atoms with Crippen LogP contribution >= 0.6 is 7.77 Å². The third-order valence-corrected chi connectivity index (χ3v) is 2.05. The van der Waals surface area contributed by atoms with Crippen LogP contribution in [0, 0.1) is 0 Å². The minimum atomic E-state index is -1.52. The number of hydrogen-bond acceptors (Lipinski definition) is 4. The van der Waals surface area contributed by atoms with Gasteiger partial charge >= 0.3 is 5.97 Å². The van der Waals surface area contributed by atoms with Crippen LogP contribution in [0.3, 0.4) is 0 Å². The number of ether oxygens (including phenoxy) is 2. The molecule has 0 aliphatic carbocycles. The van der Waals surface area contributed by atoms with Crippen molar-refractivity contribution >= 4 is 19.5 Å². The Hall–Kier alpha value is -0.440. The van der Waals surface area contributed by atoms with E-state index >= 15 is 0 Å². The van der Waals surface area contributed by atoms with E-state index in [1.807, 2.05) is 0 Å². The molecule has 0 aromatic carbocycles. The summed E-state index contributed by atoms with van der Waals surface area (Å²) in [5.74, 6) is 1.01. The summed E-state index contributed by atoms with van der Waals surface area (Å²) in [4.78, 5) is 21.3. The van der Waals surface area contributed by atoms with Crippen LogP contribution in [-0.2, 0) is 14.3 Å². The molecule has 0 saturated heterocycles. The van der Waals surface area contributed by atoms with Crippen molar-refractivity contribution in [3.8, 4) is 0 Å². The molecule has 4 nitrogen and oxygen atoms in total. The summed E-state index contributed by atoms with van der Waals surface area (Å²) < 4.78 is 8.94. The van der Waals surface area contributed by atoms with E-state index in [-0.39, 0.29) is 18.7 Å². The van der Waals surface area contributed by atoms with Crippen molar-refractivity contribution < 1.29 is 19.2 Å². The van der Waals surface area contributed by atoms with Crippen LogP contribution in [0.2, 0.25) is 0 Å². The van der Waals surface area contributed by atoms with Crippen molar-refractivity contribution in [2.75, 3.05) is 20.6 Å². The summed E-state index contributed by atoms with van der Waals surface area (Å²) in [6, 6.07) is 0. The predicted molar refractivity (Wildman–Crippen MR) is 41.5 cm³/mol. The smallest absolute Gasteiger partial charge is 0.313 e. The molecular weight excluding hydrogens is 167 g/mol. The van der Waals surface area contributed by atoms with Crippen LogP contribution in [0.5, 0.6) is 0 Å². The Labute approximate surface area is 66.6 Å². The van der Waals surface area contributed by atoms with E-state index in [2.05, 4.69) is 9.47 Å². The normalized spacial score (nSPS) is 11.4. The Morgan fingerprint density at radius 3 is 2.73 bits per heavy atom. The number of carbonyl (C=O) groups is 1. The van der Waals surface area contributed by atoms with E-state index in [9.17, 15) is 9.69 Å². The lowest BCUT2D eigenvalue weighted by atomic mass is 10.5. The van der Waals surface area contributed by atoms with Gasteiger partial charge in [-0.1, -0.05) is 0 Å². The molecule has 0 heterocycles. The molecule has 0 fully saturated rings. The second-order valence-electron chi connectivity index (χ2n) is 1.80. The van der Waals surface area contributed by atoms with Crippen LogP contribution in [0.25, 0.3) is 0 Å². The van der Waals surface area contributed by atoms with Crippen molar-refractivity contribution in [2.24, 2.45) is 0 Å². The summed E-state index contributed by atoms with van der Waals surface area (Å²) in [6.07, 6.45) is 0.237. The zero-order valence-electron chi connectivity index (χ0n) is 6.57. The van der Waals surface area contributed by atoms with Gasteiger partial charge in [0.05, 0.1) is 20.7 Å². The minimum Gasteiger partial charge on any atom is -0.629 e. The topological polar surface area (TPSA) is 58.6 Å². The van der Waals surface area contributed by atoms with Crippen molar-refractivity contribution in [3.05, 3.63) is 0 Å². The number of rotatable bonds is 4. The third kappa shape index (κ3) is 5.98. The highest BCUT2D eigenvalue weighted by molar-refractivity contribution is 7.49. The summed E-state index contributed by atoms with van der Waals surface area (Å²) in [6.45, 7) is 0. The molecule has 1 atom stereocenters. The first-order valence-corrected chi connectivity index (χ1v) is 4.55. The van der Waals surface area contributed by atoms with Crippen LogP contribution in [-0.4, -0.2) is 32.3 Å². The van der Waals surface area contributed by atoms with Gasteiger partial charge in [-0.2, -0.15) is 0 Å². The van der Waals surface area contributed by atoms with Crippen molar-refractivity contribution in [1.29, 1.82) is 0 Å². The number of carbonyl (C=O) groups excluding carboxylic acids is 1. The Bertz CT molecular complexity index is 155. The fourth-order valence-corrected chi connectivity index (χ4v) is 1.15. The highest BCUT2D eigenvalue weighted by atomic mass is 31.1. The fraction of sp³-hybridized carbons (Fsp3) is 0.667. The van der Waals surface area contributed by atoms with Crippen molar-refractivity contribution in [3.63, 3.8) is 0 Å². The standard InChI is InChI=1S/C6H11O4P/c1-9-5-11(8)4-3-6(7)10-2/h4H,3,5H2,1-2H3. The average molecular weight is 178 g/mol. The maximum atomic E-state index is 10.8. The van der Waals surface area contributed by atoms with Gasteiger partial charge in [-0.3, -0.25) is 4.79 Å². The Balaban J connectivity index is 3.63. The second kappa shape index (κ2) is 6.28. The molecule has 64 valence electrons. The summed E-state index contributed by atoms with van der Waals surface area (Å²) >= 11 is 0. The van der Waals surface area contributed by atoms with Crippen molar-refractivity contribution in [2.45, 2.75) is 6.42 Å². The molecule has 0 amide bonds. The quantitative estimate of drug-likeness (QED) is 0.438. The van der Waals surface area contributed by atoms with E-state index in [0.717, 1.165) is 0 Å². The molecule has 0 N–H and O–H groups in total. The van der Waals surface area contributed by atoms with Crippen LogP contribution in [0.4, 0.5) is 0 Å². The lowest BCUT2D eigenvalue weighted by Crippen LogP contribution is -2.03. The van der Waals surface area contributed by atoms with Gasteiger partial charge in [-0.05, 0) is 0 Å². The molecule has 0 radical (unpaired) electrons. The molecular formula is C6H11O4P. The highest BCUT2D eigenvalue weighted by Gasteiger charge is 2.00.